The Morgan fingerprint density at radius 1 is 1.30 bits per heavy atom. The monoisotopic (exact) mass is 314 g/mol. The van der Waals surface area contributed by atoms with Gasteiger partial charge in [0.1, 0.15) is 17.5 Å². The summed E-state index contributed by atoms with van der Waals surface area (Å²) < 4.78 is 1.79. The van der Waals surface area contributed by atoms with Crippen molar-refractivity contribution in [2.75, 3.05) is 19.7 Å². The largest absolute Gasteiger partial charge is 0.395 e. The Morgan fingerprint density at radius 3 is 3.00 bits per heavy atom. The quantitative estimate of drug-likeness (QED) is 0.620. The van der Waals surface area contributed by atoms with Crippen LogP contribution in [0.15, 0.2) is 18.6 Å². The Hall–Kier alpha value is -1.99. The molecule has 0 bridgehead atoms. The number of aliphatic hydroxyl groups is 1. The Kier molecular flexibility index (Phi) is 3.97. The molecule has 3 heterocycles. The van der Waals surface area contributed by atoms with Crippen molar-refractivity contribution in [2.24, 2.45) is 5.92 Å². The van der Waals surface area contributed by atoms with Crippen molar-refractivity contribution in [2.45, 2.75) is 31.6 Å². The van der Waals surface area contributed by atoms with Crippen LogP contribution in [0.3, 0.4) is 0 Å². The van der Waals surface area contributed by atoms with Gasteiger partial charge in [0.25, 0.3) is 0 Å². The van der Waals surface area contributed by atoms with Gasteiger partial charge in [-0.2, -0.15) is 0 Å². The number of H-pyrrole nitrogens is 1. The summed E-state index contributed by atoms with van der Waals surface area (Å²) in [6, 6.07) is 2.05. The lowest BCUT2D eigenvalue weighted by atomic mass is 9.80. The Balaban J connectivity index is 1.53. The minimum Gasteiger partial charge on any atom is -0.395 e. The molecule has 0 saturated heterocycles. The molecule has 7 nitrogen and oxygen atoms in total. The van der Waals surface area contributed by atoms with Gasteiger partial charge in [0.2, 0.25) is 0 Å². The number of fused-ring (bicyclic) bond motifs is 3. The van der Waals surface area contributed by atoms with Crippen molar-refractivity contribution in [1.29, 1.82) is 0 Å². The maximum atomic E-state index is 8.84. The maximum Gasteiger partial charge on any atom is 0.141 e. The number of hydrogen-bond donors (Lipinski definition) is 3. The van der Waals surface area contributed by atoms with Crippen LogP contribution >= 0.6 is 0 Å². The van der Waals surface area contributed by atoms with E-state index in [1.807, 2.05) is 6.20 Å². The number of aromatic nitrogens is 5. The zero-order chi connectivity index (χ0) is 15.6. The van der Waals surface area contributed by atoms with Gasteiger partial charge in [0.15, 0.2) is 0 Å². The summed E-state index contributed by atoms with van der Waals surface area (Å²) in [5, 5.41) is 22.0. The summed E-state index contributed by atoms with van der Waals surface area (Å²) in [5.74, 6) is 1.18. The summed E-state index contributed by atoms with van der Waals surface area (Å²) in [4.78, 5) is 7.52. The highest BCUT2D eigenvalue weighted by molar-refractivity contribution is 5.92. The molecular formula is C16H22N6O. The first-order valence-electron chi connectivity index (χ1n) is 8.35. The minimum atomic E-state index is 0.211. The second kappa shape index (κ2) is 6.25. The van der Waals surface area contributed by atoms with Gasteiger partial charge in [-0.15, -0.1) is 5.10 Å². The smallest absolute Gasteiger partial charge is 0.141 e. The van der Waals surface area contributed by atoms with Crippen LogP contribution in [0, 0.1) is 5.92 Å². The van der Waals surface area contributed by atoms with E-state index >= 15 is 0 Å². The number of nitrogens with one attached hydrogen (secondary N) is 2. The molecule has 3 aromatic heterocycles. The molecule has 1 aliphatic rings. The van der Waals surface area contributed by atoms with E-state index in [1.54, 1.807) is 10.8 Å². The molecule has 1 saturated carbocycles. The highest BCUT2D eigenvalue weighted by atomic mass is 16.3. The molecule has 0 spiro atoms. The molecule has 0 unspecified atom stereocenters. The lowest BCUT2D eigenvalue weighted by Crippen LogP contribution is -2.28. The van der Waals surface area contributed by atoms with Crippen molar-refractivity contribution in [3.05, 3.63) is 24.3 Å². The van der Waals surface area contributed by atoms with Crippen molar-refractivity contribution in [3.63, 3.8) is 0 Å². The predicted molar refractivity (Wildman–Crippen MR) is 87.3 cm³/mol. The van der Waals surface area contributed by atoms with E-state index in [0.29, 0.717) is 18.4 Å². The molecule has 0 amide bonds. The highest BCUT2D eigenvalue weighted by Gasteiger charge is 2.26. The molecule has 122 valence electrons. The SMILES string of the molecule is OCCNCC1CCC(c2nnn3cnc4[nH]ccc4c23)CC1. The normalized spacial score (nSPS) is 22.1. The van der Waals surface area contributed by atoms with E-state index in [1.165, 1.54) is 12.8 Å². The third kappa shape index (κ3) is 2.70. The minimum absolute atomic E-state index is 0.211. The van der Waals surface area contributed by atoms with Crippen LogP contribution in [0.25, 0.3) is 16.6 Å². The van der Waals surface area contributed by atoms with Crippen LogP contribution < -0.4 is 5.32 Å². The van der Waals surface area contributed by atoms with Gasteiger partial charge in [-0.05, 0) is 44.2 Å². The number of aliphatic hydroxyl groups excluding tert-OH is 1. The summed E-state index contributed by atoms with van der Waals surface area (Å²) in [6.45, 7) is 1.90. The van der Waals surface area contributed by atoms with Crippen LogP contribution in [0.2, 0.25) is 0 Å². The highest BCUT2D eigenvalue weighted by Crippen LogP contribution is 2.37. The first-order chi connectivity index (χ1) is 11.4. The van der Waals surface area contributed by atoms with Crippen molar-refractivity contribution < 1.29 is 5.11 Å². The first kappa shape index (κ1) is 14.6. The van der Waals surface area contributed by atoms with Gasteiger partial charge in [-0.1, -0.05) is 5.21 Å². The predicted octanol–water partition coefficient (Wildman–Crippen LogP) is 1.46. The molecular weight excluding hydrogens is 292 g/mol. The first-order valence-corrected chi connectivity index (χ1v) is 8.35. The van der Waals surface area contributed by atoms with Gasteiger partial charge in [0.05, 0.1) is 12.3 Å². The number of aromatic amines is 1. The third-order valence-corrected chi connectivity index (χ3v) is 4.95. The molecule has 0 atom stereocenters. The van der Waals surface area contributed by atoms with Crippen LogP contribution in [-0.2, 0) is 0 Å². The lowest BCUT2D eigenvalue weighted by molar-refractivity contribution is 0.272. The molecule has 1 fully saturated rings. The molecule has 3 N–H and O–H groups in total. The fourth-order valence-electron chi connectivity index (χ4n) is 3.72. The van der Waals surface area contributed by atoms with E-state index in [2.05, 4.69) is 31.7 Å². The average Bonchev–Trinajstić information content (AvgIpc) is 3.21. The Labute approximate surface area is 134 Å². The molecule has 3 aromatic rings. The number of rotatable bonds is 5. The van der Waals surface area contributed by atoms with Gasteiger partial charge >= 0.3 is 0 Å². The van der Waals surface area contributed by atoms with Gasteiger partial charge in [-0.3, -0.25) is 0 Å². The standard InChI is InChI=1S/C16H22N6O/c23-8-7-17-9-11-1-3-12(4-2-11)14-15-13-5-6-18-16(13)19-10-22(15)21-20-14/h5-6,10-12,17-18,23H,1-4,7-9H2. The number of nitrogens with zero attached hydrogens (tertiary/aromatic N) is 4. The number of hydrogen-bond acceptors (Lipinski definition) is 5. The fraction of sp³-hybridized carbons (Fsp3) is 0.562. The zero-order valence-corrected chi connectivity index (χ0v) is 13.1. The molecule has 0 radical (unpaired) electrons. The Bertz CT molecular complexity index is 786. The van der Waals surface area contributed by atoms with E-state index in [4.69, 9.17) is 5.11 Å². The van der Waals surface area contributed by atoms with Crippen molar-refractivity contribution in [3.8, 4) is 0 Å². The topological polar surface area (TPSA) is 91.1 Å². The summed E-state index contributed by atoms with van der Waals surface area (Å²) >= 11 is 0. The van der Waals surface area contributed by atoms with Gasteiger partial charge in [0, 0.05) is 24.0 Å². The van der Waals surface area contributed by atoms with Gasteiger partial charge < -0.3 is 15.4 Å². The molecule has 7 heteroatoms. The van der Waals surface area contributed by atoms with Crippen molar-refractivity contribution in [1.82, 2.24) is 30.1 Å². The van der Waals surface area contributed by atoms with E-state index < -0.39 is 0 Å². The van der Waals surface area contributed by atoms with Crippen LogP contribution in [0.4, 0.5) is 0 Å². The molecule has 0 aliphatic heterocycles. The summed E-state index contributed by atoms with van der Waals surface area (Å²) in [5.41, 5.74) is 3.10. The van der Waals surface area contributed by atoms with E-state index in [9.17, 15) is 0 Å². The second-order valence-electron chi connectivity index (χ2n) is 6.40. The third-order valence-electron chi connectivity index (χ3n) is 4.95. The zero-order valence-electron chi connectivity index (χ0n) is 13.1. The molecule has 4 rings (SSSR count). The van der Waals surface area contributed by atoms with Crippen molar-refractivity contribution >= 4 is 16.6 Å². The van der Waals surface area contributed by atoms with Crippen LogP contribution in [-0.4, -0.2) is 49.6 Å². The Morgan fingerprint density at radius 2 is 2.17 bits per heavy atom. The second-order valence-corrected chi connectivity index (χ2v) is 6.40. The lowest BCUT2D eigenvalue weighted by Gasteiger charge is -2.27. The summed E-state index contributed by atoms with van der Waals surface area (Å²) in [6.07, 6.45) is 8.34. The fourth-order valence-corrected chi connectivity index (χ4v) is 3.72. The molecule has 0 aromatic carbocycles. The van der Waals surface area contributed by atoms with Gasteiger partial charge in [-0.25, -0.2) is 9.50 Å². The van der Waals surface area contributed by atoms with Crippen LogP contribution in [0.1, 0.15) is 37.3 Å². The molecule has 1 aliphatic carbocycles. The summed E-state index contributed by atoms with van der Waals surface area (Å²) in [7, 11) is 0. The van der Waals surface area contributed by atoms with E-state index in [-0.39, 0.29) is 6.61 Å². The van der Waals surface area contributed by atoms with E-state index in [0.717, 1.165) is 41.6 Å². The van der Waals surface area contributed by atoms with Crippen LogP contribution in [0.5, 0.6) is 0 Å². The average molecular weight is 314 g/mol. The molecule has 23 heavy (non-hydrogen) atoms. The maximum absolute atomic E-state index is 8.84.